The van der Waals surface area contributed by atoms with Crippen LogP contribution in [0, 0.1) is 5.92 Å². The molecule has 0 radical (unpaired) electrons. The molecule has 0 unspecified atom stereocenters. The Bertz CT molecular complexity index is 741. The number of hydrogen-bond donors (Lipinski definition) is 2. The molecular weight excluding hydrogens is 358 g/mol. The van der Waals surface area contributed by atoms with Gasteiger partial charge in [-0.15, -0.1) is 0 Å². The minimum atomic E-state index is -3.72. The molecule has 0 saturated carbocycles. The second-order valence-electron chi connectivity index (χ2n) is 6.40. The number of anilines is 1. The first kappa shape index (κ1) is 19.1. The van der Waals surface area contributed by atoms with Gasteiger partial charge in [0.2, 0.25) is 15.9 Å². The molecule has 0 bridgehead atoms. The molecule has 2 aliphatic rings. The van der Waals surface area contributed by atoms with E-state index in [-0.39, 0.29) is 22.5 Å². The number of nitrogens with zero attached hydrogens (tertiary/aromatic N) is 1. The van der Waals surface area contributed by atoms with Gasteiger partial charge in [0.25, 0.3) is 0 Å². The summed E-state index contributed by atoms with van der Waals surface area (Å²) in [6.07, 6.45) is 1.56. The summed E-state index contributed by atoms with van der Waals surface area (Å²) in [6.45, 7) is 2.98. The van der Waals surface area contributed by atoms with Crippen LogP contribution in [0.1, 0.15) is 12.8 Å². The molecule has 0 spiro atoms. The van der Waals surface area contributed by atoms with Crippen molar-refractivity contribution >= 4 is 21.6 Å². The third-order valence-corrected chi connectivity index (χ3v) is 6.65. The highest BCUT2D eigenvalue weighted by Gasteiger charge is 2.30. The lowest BCUT2D eigenvalue weighted by Crippen LogP contribution is -2.40. The molecule has 2 fully saturated rings. The molecule has 1 aromatic carbocycles. The third kappa shape index (κ3) is 4.17. The van der Waals surface area contributed by atoms with Crippen molar-refractivity contribution in [3.8, 4) is 5.75 Å². The molecule has 9 heteroatoms. The number of morpholine rings is 1. The maximum Gasteiger partial charge on any atom is 0.246 e. The molecule has 0 aliphatic carbocycles. The number of amides is 1. The SMILES string of the molecule is COc1ccc(NC(=O)C2CCNCC2)cc1S(=O)(=O)N1CCOCC1. The second-order valence-corrected chi connectivity index (χ2v) is 8.30. The van der Waals surface area contributed by atoms with Crippen LogP contribution in [-0.2, 0) is 19.6 Å². The van der Waals surface area contributed by atoms with E-state index in [1.807, 2.05) is 0 Å². The van der Waals surface area contributed by atoms with E-state index in [4.69, 9.17) is 9.47 Å². The molecule has 144 valence electrons. The van der Waals surface area contributed by atoms with Gasteiger partial charge in [0.1, 0.15) is 10.6 Å². The van der Waals surface area contributed by atoms with Crippen molar-refractivity contribution in [2.45, 2.75) is 17.7 Å². The van der Waals surface area contributed by atoms with Crippen LogP contribution in [0.4, 0.5) is 5.69 Å². The van der Waals surface area contributed by atoms with Crippen molar-refractivity contribution in [3.63, 3.8) is 0 Å². The van der Waals surface area contributed by atoms with Crippen LogP contribution in [0.3, 0.4) is 0 Å². The summed E-state index contributed by atoms with van der Waals surface area (Å²) in [5.41, 5.74) is 0.459. The van der Waals surface area contributed by atoms with Crippen molar-refractivity contribution in [2.24, 2.45) is 5.92 Å². The van der Waals surface area contributed by atoms with Gasteiger partial charge in [0.05, 0.1) is 20.3 Å². The van der Waals surface area contributed by atoms with Gasteiger partial charge in [0, 0.05) is 24.7 Å². The lowest BCUT2D eigenvalue weighted by molar-refractivity contribution is -0.120. The molecule has 1 amide bonds. The number of ether oxygens (including phenoxy) is 2. The Morgan fingerprint density at radius 3 is 2.62 bits per heavy atom. The van der Waals surface area contributed by atoms with Crippen LogP contribution in [0.5, 0.6) is 5.75 Å². The highest BCUT2D eigenvalue weighted by molar-refractivity contribution is 7.89. The number of methoxy groups -OCH3 is 1. The average Bonchev–Trinajstić information content (AvgIpc) is 2.69. The van der Waals surface area contributed by atoms with Crippen LogP contribution in [0.15, 0.2) is 23.1 Å². The van der Waals surface area contributed by atoms with Crippen molar-refractivity contribution in [3.05, 3.63) is 18.2 Å². The van der Waals surface area contributed by atoms with Crippen molar-refractivity contribution < 1.29 is 22.7 Å². The number of carbonyl (C=O) groups is 1. The summed E-state index contributed by atoms with van der Waals surface area (Å²) in [5, 5.41) is 6.07. The normalized spacial score (nSPS) is 19.9. The maximum absolute atomic E-state index is 13.0. The van der Waals surface area contributed by atoms with Crippen LogP contribution in [-0.4, -0.2) is 65.1 Å². The van der Waals surface area contributed by atoms with Gasteiger partial charge >= 0.3 is 0 Å². The van der Waals surface area contributed by atoms with E-state index in [1.165, 1.54) is 17.5 Å². The van der Waals surface area contributed by atoms with E-state index in [9.17, 15) is 13.2 Å². The largest absolute Gasteiger partial charge is 0.495 e. The molecule has 1 aromatic rings. The topological polar surface area (TPSA) is 97.0 Å². The van der Waals surface area contributed by atoms with Gasteiger partial charge in [-0.1, -0.05) is 0 Å². The number of hydrogen-bond acceptors (Lipinski definition) is 6. The predicted octanol–water partition coefficient (Wildman–Crippen LogP) is 0.654. The van der Waals surface area contributed by atoms with Crippen LogP contribution in [0.2, 0.25) is 0 Å². The first-order chi connectivity index (χ1) is 12.5. The summed E-state index contributed by atoms with van der Waals surface area (Å²) in [7, 11) is -2.29. The van der Waals surface area contributed by atoms with E-state index in [0.717, 1.165) is 25.9 Å². The van der Waals surface area contributed by atoms with E-state index in [2.05, 4.69) is 10.6 Å². The van der Waals surface area contributed by atoms with Gasteiger partial charge in [-0.05, 0) is 44.1 Å². The first-order valence-electron chi connectivity index (χ1n) is 8.80. The predicted molar refractivity (Wildman–Crippen MR) is 96.8 cm³/mol. The molecule has 26 heavy (non-hydrogen) atoms. The van der Waals surface area contributed by atoms with E-state index in [1.54, 1.807) is 12.1 Å². The second kappa shape index (κ2) is 8.34. The summed E-state index contributed by atoms with van der Waals surface area (Å²) >= 11 is 0. The standard InChI is InChI=1S/C17H25N3O5S/c1-24-15-3-2-14(19-17(21)13-4-6-18-7-5-13)12-16(15)26(22,23)20-8-10-25-11-9-20/h2-3,12-13,18H,4-11H2,1H3,(H,19,21). The Hall–Kier alpha value is -1.68. The average molecular weight is 383 g/mol. The highest BCUT2D eigenvalue weighted by Crippen LogP contribution is 2.30. The van der Waals surface area contributed by atoms with E-state index >= 15 is 0 Å². The molecular formula is C17H25N3O5S. The smallest absolute Gasteiger partial charge is 0.246 e. The minimum absolute atomic E-state index is 0.0577. The molecule has 0 atom stereocenters. The number of carbonyl (C=O) groups excluding carboxylic acids is 1. The fourth-order valence-electron chi connectivity index (χ4n) is 3.21. The molecule has 2 heterocycles. The van der Waals surface area contributed by atoms with E-state index in [0.29, 0.717) is 32.0 Å². The minimum Gasteiger partial charge on any atom is -0.495 e. The zero-order chi connectivity index (χ0) is 18.6. The fraction of sp³-hybridized carbons (Fsp3) is 0.588. The van der Waals surface area contributed by atoms with Crippen LogP contribution in [0.25, 0.3) is 0 Å². The van der Waals surface area contributed by atoms with Gasteiger partial charge in [-0.25, -0.2) is 8.42 Å². The number of sulfonamides is 1. The number of nitrogens with one attached hydrogen (secondary N) is 2. The maximum atomic E-state index is 13.0. The number of benzene rings is 1. The Kier molecular flexibility index (Phi) is 6.13. The van der Waals surface area contributed by atoms with Crippen molar-refractivity contribution in [2.75, 3.05) is 51.8 Å². The quantitative estimate of drug-likeness (QED) is 0.775. The van der Waals surface area contributed by atoms with Crippen molar-refractivity contribution in [1.82, 2.24) is 9.62 Å². The lowest BCUT2D eigenvalue weighted by atomic mass is 9.97. The fourth-order valence-corrected chi connectivity index (χ4v) is 4.80. The summed E-state index contributed by atoms with van der Waals surface area (Å²) in [6, 6.07) is 4.71. The zero-order valence-corrected chi connectivity index (χ0v) is 15.7. The summed E-state index contributed by atoms with van der Waals surface area (Å²) < 4.78 is 37.8. The Morgan fingerprint density at radius 1 is 1.27 bits per heavy atom. The van der Waals surface area contributed by atoms with Gasteiger partial charge in [-0.3, -0.25) is 4.79 Å². The molecule has 2 aliphatic heterocycles. The zero-order valence-electron chi connectivity index (χ0n) is 14.9. The van der Waals surface area contributed by atoms with Crippen LogP contribution < -0.4 is 15.4 Å². The lowest BCUT2D eigenvalue weighted by Gasteiger charge is -2.27. The molecule has 0 aromatic heterocycles. The molecule has 3 rings (SSSR count). The number of piperidine rings is 1. The molecule has 2 N–H and O–H groups in total. The highest BCUT2D eigenvalue weighted by atomic mass is 32.2. The van der Waals surface area contributed by atoms with Crippen LogP contribution >= 0.6 is 0 Å². The Morgan fingerprint density at radius 2 is 1.96 bits per heavy atom. The molecule has 2 saturated heterocycles. The number of rotatable bonds is 5. The van der Waals surface area contributed by atoms with E-state index < -0.39 is 10.0 Å². The Balaban J connectivity index is 1.83. The summed E-state index contributed by atoms with van der Waals surface area (Å²) in [4.78, 5) is 12.5. The third-order valence-electron chi connectivity index (χ3n) is 4.73. The monoisotopic (exact) mass is 383 g/mol. The van der Waals surface area contributed by atoms with Gasteiger partial charge in [0.15, 0.2) is 0 Å². The summed E-state index contributed by atoms with van der Waals surface area (Å²) in [5.74, 6) is 0.125. The van der Waals surface area contributed by atoms with Gasteiger partial charge in [-0.2, -0.15) is 4.31 Å². The molecule has 8 nitrogen and oxygen atoms in total. The van der Waals surface area contributed by atoms with Crippen molar-refractivity contribution in [1.29, 1.82) is 0 Å². The first-order valence-corrected chi connectivity index (χ1v) is 10.2. The Labute approximate surface area is 153 Å². The van der Waals surface area contributed by atoms with Gasteiger partial charge < -0.3 is 20.1 Å².